The van der Waals surface area contributed by atoms with Crippen LogP contribution in [0, 0.1) is 0 Å². The molecule has 1 aromatic heterocycles. The number of hydrogen-bond donors (Lipinski definition) is 0. The van der Waals surface area contributed by atoms with Gasteiger partial charge in [0.15, 0.2) is 0 Å². The first kappa shape index (κ1) is 15.4. The largest absolute Gasteiger partial charge is 0.472 e. The van der Waals surface area contributed by atoms with Crippen LogP contribution in [0.3, 0.4) is 0 Å². The molecular formula is C16H22N2O4S. The van der Waals surface area contributed by atoms with Gasteiger partial charge in [0.25, 0.3) is 0 Å². The molecule has 1 saturated carbocycles. The van der Waals surface area contributed by atoms with Gasteiger partial charge in [0, 0.05) is 31.8 Å². The summed E-state index contributed by atoms with van der Waals surface area (Å²) in [7, 11) is -3.06. The molecule has 0 N–H and O–H groups in total. The first-order chi connectivity index (χ1) is 11.1. The first-order valence-corrected chi connectivity index (χ1v) is 9.78. The fourth-order valence-corrected chi connectivity index (χ4v) is 5.38. The smallest absolute Gasteiger partial charge is 0.216 e. The lowest BCUT2D eigenvalue weighted by atomic mass is 9.89. The van der Waals surface area contributed by atoms with E-state index in [0.717, 1.165) is 32.1 Å². The maximum Gasteiger partial charge on any atom is 0.216 e. The van der Waals surface area contributed by atoms with Gasteiger partial charge in [-0.25, -0.2) is 17.7 Å². The van der Waals surface area contributed by atoms with E-state index in [1.54, 1.807) is 10.5 Å². The zero-order valence-corrected chi connectivity index (χ0v) is 13.9. The number of rotatable bonds is 4. The van der Waals surface area contributed by atoms with Crippen LogP contribution < -0.4 is 4.74 Å². The van der Waals surface area contributed by atoms with Crippen molar-refractivity contribution in [2.75, 3.05) is 19.7 Å². The summed E-state index contributed by atoms with van der Waals surface area (Å²) in [5, 5.41) is -0.124. The molecule has 4 rings (SSSR count). The van der Waals surface area contributed by atoms with Crippen molar-refractivity contribution in [1.29, 1.82) is 0 Å². The minimum absolute atomic E-state index is 0.00325. The summed E-state index contributed by atoms with van der Waals surface area (Å²) < 4.78 is 38.2. The van der Waals surface area contributed by atoms with Gasteiger partial charge >= 0.3 is 0 Å². The second kappa shape index (κ2) is 5.72. The summed E-state index contributed by atoms with van der Waals surface area (Å²) in [4.78, 5) is 4.18. The molecule has 23 heavy (non-hydrogen) atoms. The Kier molecular flexibility index (Phi) is 3.82. The van der Waals surface area contributed by atoms with Gasteiger partial charge in [-0.3, -0.25) is 0 Å². The van der Waals surface area contributed by atoms with Crippen LogP contribution in [0.2, 0.25) is 0 Å². The van der Waals surface area contributed by atoms with Gasteiger partial charge in [0.2, 0.25) is 15.9 Å². The van der Waals surface area contributed by atoms with Crippen molar-refractivity contribution in [2.45, 2.75) is 49.1 Å². The molecule has 1 spiro atoms. The molecule has 2 saturated heterocycles. The lowest BCUT2D eigenvalue weighted by molar-refractivity contribution is -0.0320. The van der Waals surface area contributed by atoms with Crippen LogP contribution in [-0.2, 0) is 14.8 Å². The monoisotopic (exact) mass is 338 g/mol. The van der Waals surface area contributed by atoms with Crippen molar-refractivity contribution in [3.05, 3.63) is 24.4 Å². The van der Waals surface area contributed by atoms with E-state index in [9.17, 15) is 8.42 Å². The zero-order chi connectivity index (χ0) is 15.9. The molecule has 1 aliphatic carbocycles. The Morgan fingerprint density at radius 2 is 2.04 bits per heavy atom. The van der Waals surface area contributed by atoms with E-state index in [2.05, 4.69) is 4.98 Å². The lowest BCUT2D eigenvalue weighted by Crippen LogP contribution is -2.47. The second-order valence-electron chi connectivity index (χ2n) is 6.75. The van der Waals surface area contributed by atoms with Gasteiger partial charge < -0.3 is 9.47 Å². The fraction of sp³-hybridized carbons (Fsp3) is 0.688. The average Bonchev–Trinajstić information content (AvgIpc) is 3.35. The minimum Gasteiger partial charge on any atom is -0.472 e. The summed E-state index contributed by atoms with van der Waals surface area (Å²) >= 11 is 0. The van der Waals surface area contributed by atoms with E-state index in [1.165, 1.54) is 0 Å². The molecule has 1 atom stereocenters. The van der Waals surface area contributed by atoms with Crippen LogP contribution in [-0.4, -0.2) is 54.4 Å². The topological polar surface area (TPSA) is 68.7 Å². The molecule has 1 unspecified atom stereocenters. The number of ether oxygens (including phenoxy) is 2. The molecule has 1 aromatic rings. The van der Waals surface area contributed by atoms with Crippen LogP contribution in [0.5, 0.6) is 5.88 Å². The van der Waals surface area contributed by atoms with Crippen molar-refractivity contribution in [3.8, 4) is 5.88 Å². The Balaban J connectivity index is 1.35. The Bertz CT molecular complexity index is 652. The molecule has 3 heterocycles. The number of pyridine rings is 1. The molecule has 7 heteroatoms. The molecule has 0 amide bonds. The van der Waals surface area contributed by atoms with E-state index in [0.29, 0.717) is 25.6 Å². The highest BCUT2D eigenvalue weighted by Crippen LogP contribution is 2.40. The van der Waals surface area contributed by atoms with Crippen LogP contribution in [0.4, 0.5) is 0 Å². The van der Waals surface area contributed by atoms with Crippen molar-refractivity contribution >= 4 is 10.0 Å². The summed E-state index contributed by atoms with van der Waals surface area (Å²) in [5.41, 5.74) is -0.227. The Morgan fingerprint density at radius 1 is 1.26 bits per heavy atom. The predicted octanol–water partition coefficient (Wildman–Crippen LogP) is 1.58. The molecule has 126 valence electrons. The van der Waals surface area contributed by atoms with Crippen LogP contribution in [0.15, 0.2) is 24.4 Å². The average molecular weight is 338 g/mol. The number of aromatic nitrogens is 1. The third-order valence-electron chi connectivity index (χ3n) is 5.04. The molecule has 3 fully saturated rings. The number of nitrogens with zero attached hydrogens (tertiary/aromatic N) is 2. The van der Waals surface area contributed by atoms with Crippen molar-refractivity contribution in [2.24, 2.45) is 0 Å². The van der Waals surface area contributed by atoms with E-state index >= 15 is 0 Å². The van der Waals surface area contributed by atoms with Crippen LogP contribution in [0.25, 0.3) is 0 Å². The fourth-order valence-electron chi connectivity index (χ4n) is 3.54. The maximum absolute atomic E-state index is 12.3. The molecule has 0 radical (unpaired) electrons. The summed E-state index contributed by atoms with van der Waals surface area (Å²) in [6, 6.07) is 5.60. The van der Waals surface area contributed by atoms with E-state index in [1.807, 2.05) is 18.2 Å². The number of sulfonamides is 1. The SMILES string of the molecule is O=S(=O)(C1CC1)N1CCC2(CC1)CC(Oc1ccccn1)CO2. The highest BCUT2D eigenvalue weighted by Gasteiger charge is 2.48. The molecule has 6 nitrogen and oxygen atoms in total. The van der Waals surface area contributed by atoms with Gasteiger partial charge in [-0.15, -0.1) is 0 Å². The van der Waals surface area contributed by atoms with Crippen LogP contribution in [0.1, 0.15) is 32.1 Å². The summed E-state index contributed by atoms with van der Waals surface area (Å²) in [6.45, 7) is 1.68. The quantitative estimate of drug-likeness (QED) is 0.834. The van der Waals surface area contributed by atoms with E-state index < -0.39 is 10.0 Å². The summed E-state index contributed by atoms with van der Waals surface area (Å²) in [6.07, 6.45) is 5.66. The minimum atomic E-state index is -3.06. The Hall–Kier alpha value is -1.18. The number of hydrogen-bond acceptors (Lipinski definition) is 5. The molecule has 0 bridgehead atoms. The molecule has 0 aromatic carbocycles. The molecule has 3 aliphatic rings. The maximum atomic E-state index is 12.3. The lowest BCUT2D eigenvalue weighted by Gasteiger charge is -2.37. The highest BCUT2D eigenvalue weighted by molar-refractivity contribution is 7.90. The first-order valence-electron chi connectivity index (χ1n) is 8.28. The van der Waals surface area contributed by atoms with Gasteiger partial charge in [-0.05, 0) is 31.7 Å². The van der Waals surface area contributed by atoms with Crippen molar-refractivity contribution in [3.63, 3.8) is 0 Å². The van der Waals surface area contributed by atoms with E-state index in [-0.39, 0.29) is 17.0 Å². The van der Waals surface area contributed by atoms with Gasteiger partial charge in [-0.2, -0.15) is 0 Å². The second-order valence-corrected chi connectivity index (χ2v) is 8.96. The summed E-state index contributed by atoms with van der Waals surface area (Å²) in [5.74, 6) is 0.617. The zero-order valence-electron chi connectivity index (χ0n) is 13.1. The molecular weight excluding hydrogens is 316 g/mol. The Morgan fingerprint density at radius 3 is 2.70 bits per heavy atom. The number of piperidine rings is 1. The van der Waals surface area contributed by atoms with Crippen molar-refractivity contribution in [1.82, 2.24) is 9.29 Å². The third kappa shape index (κ3) is 3.09. The highest BCUT2D eigenvalue weighted by atomic mass is 32.2. The Labute approximate surface area is 136 Å². The molecule has 2 aliphatic heterocycles. The van der Waals surface area contributed by atoms with Crippen LogP contribution >= 0.6 is 0 Å². The van der Waals surface area contributed by atoms with Gasteiger partial charge in [0.05, 0.1) is 17.5 Å². The van der Waals surface area contributed by atoms with E-state index in [4.69, 9.17) is 9.47 Å². The normalized spacial score (nSPS) is 28.1. The third-order valence-corrected chi connectivity index (χ3v) is 7.44. The van der Waals surface area contributed by atoms with Crippen molar-refractivity contribution < 1.29 is 17.9 Å². The standard InChI is InChI=1S/C16H22N2O4S/c19-23(20,14-4-5-14)18-9-6-16(7-10-18)11-13(12-21-16)22-15-3-1-2-8-17-15/h1-3,8,13-14H,4-7,9-12H2. The van der Waals surface area contributed by atoms with Gasteiger partial charge in [0.1, 0.15) is 6.10 Å². The van der Waals surface area contributed by atoms with Gasteiger partial charge in [-0.1, -0.05) is 6.07 Å². The predicted molar refractivity (Wildman–Crippen MR) is 84.7 cm³/mol.